The average Bonchev–Trinajstić information content (AvgIpc) is 2.48. The number of hydrogen-bond donors (Lipinski definition) is 2. The van der Waals surface area contributed by atoms with Crippen molar-refractivity contribution in [2.45, 2.75) is 44.6 Å². The van der Waals surface area contributed by atoms with Gasteiger partial charge in [0.05, 0.1) is 0 Å². The number of hydrogen-bond acceptors (Lipinski definition) is 4. The molecule has 1 saturated heterocycles. The van der Waals surface area contributed by atoms with Crippen molar-refractivity contribution in [3.63, 3.8) is 0 Å². The number of likely N-dealkylation sites (tertiary alicyclic amines) is 1. The molecule has 5 heteroatoms. The minimum Gasteiger partial charge on any atom is -0.478 e. The van der Waals surface area contributed by atoms with E-state index in [2.05, 4.69) is 22.2 Å². The predicted octanol–water partition coefficient (Wildman–Crippen LogP) is 2.16. The van der Waals surface area contributed by atoms with Crippen molar-refractivity contribution in [3.8, 4) is 0 Å². The summed E-state index contributed by atoms with van der Waals surface area (Å²) in [6.45, 7) is 2.09. The van der Waals surface area contributed by atoms with Crippen molar-refractivity contribution < 1.29 is 9.90 Å². The fraction of sp³-hybridized carbons (Fsp3) is 0.625. The molecule has 0 bridgehead atoms. The Morgan fingerprint density at radius 1 is 1.33 bits per heavy atom. The van der Waals surface area contributed by atoms with Gasteiger partial charge >= 0.3 is 5.97 Å². The molecule has 0 saturated carbocycles. The standard InChI is InChI=1S/C16H23N3O2/c1-19-8-6-12(7-9-19)17-15-13(16(20)21)10-11-4-2-3-5-14(11)18-15/h10,12H,2-9H2,1H3,(H,17,18)(H,20,21). The average molecular weight is 289 g/mol. The largest absolute Gasteiger partial charge is 0.478 e. The first-order chi connectivity index (χ1) is 10.1. The number of carboxylic acids is 1. The molecule has 0 radical (unpaired) electrons. The highest BCUT2D eigenvalue weighted by Gasteiger charge is 2.22. The maximum absolute atomic E-state index is 11.5. The van der Waals surface area contributed by atoms with Gasteiger partial charge in [-0.25, -0.2) is 9.78 Å². The molecule has 5 nitrogen and oxygen atoms in total. The van der Waals surface area contributed by atoms with Crippen LogP contribution in [0, 0.1) is 0 Å². The highest BCUT2D eigenvalue weighted by atomic mass is 16.4. The molecular formula is C16H23N3O2. The van der Waals surface area contributed by atoms with Crippen molar-refractivity contribution in [1.29, 1.82) is 0 Å². The van der Waals surface area contributed by atoms with Gasteiger partial charge in [0.2, 0.25) is 0 Å². The van der Waals surface area contributed by atoms with Crippen LogP contribution in [-0.4, -0.2) is 47.1 Å². The molecule has 1 aliphatic heterocycles. The van der Waals surface area contributed by atoms with Crippen LogP contribution in [0.15, 0.2) is 6.07 Å². The van der Waals surface area contributed by atoms with E-state index >= 15 is 0 Å². The summed E-state index contributed by atoms with van der Waals surface area (Å²) in [5, 5.41) is 12.8. The summed E-state index contributed by atoms with van der Waals surface area (Å²) in [6.07, 6.45) is 6.28. The maximum Gasteiger partial charge on any atom is 0.339 e. The number of rotatable bonds is 3. The number of aromatic nitrogens is 1. The van der Waals surface area contributed by atoms with Gasteiger partial charge in [-0.3, -0.25) is 0 Å². The lowest BCUT2D eigenvalue weighted by atomic mass is 9.94. The zero-order valence-electron chi connectivity index (χ0n) is 12.6. The van der Waals surface area contributed by atoms with E-state index in [-0.39, 0.29) is 0 Å². The van der Waals surface area contributed by atoms with Gasteiger partial charge in [-0.2, -0.15) is 0 Å². The Morgan fingerprint density at radius 3 is 2.76 bits per heavy atom. The highest BCUT2D eigenvalue weighted by Crippen LogP contribution is 2.26. The molecular weight excluding hydrogens is 266 g/mol. The lowest BCUT2D eigenvalue weighted by Crippen LogP contribution is -2.37. The van der Waals surface area contributed by atoms with E-state index in [4.69, 9.17) is 0 Å². The number of anilines is 1. The third kappa shape index (κ3) is 3.18. The number of nitrogens with one attached hydrogen (secondary N) is 1. The smallest absolute Gasteiger partial charge is 0.339 e. The Morgan fingerprint density at radius 2 is 2.05 bits per heavy atom. The minimum atomic E-state index is -0.883. The lowest BCUT2D eigenvalue weighted by Gasteiger charge is -2.30. The van der Waals surface area contributed by atoms with Crippen molar-refractivity contribution in [1.82, 2.24) is 9.88 Å². The Bertz CT molecular complexity index is 537. The molecule has 2 N–H and O–H groups in total. The number of pyridine rings is 1. The molecule has 0 unspecified atom stereocenters. The van der Waals surface area contributed by atoms with E-state index in [1.807, 2.05) is 6.07 Å². The van der Waals surface area contributed by atoms with Crippen LogP contribution >= 0.6 is 0 Å². The van der Waals surface area contributed by atoms with Gasteiger partial charge < -0.3 is 15.3 Å². The summed E-state index contributed by atoms with van der Waals surface area (Å²) < 4.78 is 0. The number of carboxylic acid groups (broad SMARTS) is 1. The van der Waals surface area contributed by atoms with Crippen LogP contribution in [0.25, 0.3) is 0 Å². The molecule has 2 heterocycles. The Kier molecular flexibility index (Phi) is 4.10. The van der Waals surface area contributed by atoms with Crippen molar-refractivity contribution in [2.24, 2.45) is 0 Å². The molecule has 1 fully saturated rings. The van der Waals surface area contributed by atoms with E-state index in [1.54, 1.807) is 0 Å². The Hall–Kier alpha value is -1.62. The van der Waals surface area contributed by atoms with Gasteiger partial charge in [-0.1, -0.05) is 0 Å². The number of piperidine rings is 1. The maximum atomic E-state index is 11.5. The predicted molar refractivity (Wildman–Crippen MR) is 82.0 cm³/mol. The van der Waals surface area contributed by atoms with Crippen molar-refractivity contribution in [3.05, 3.63) is 22.9 Å². The second-order valence-corrected chi connectivity index (χ2v) is 6.22. The van der Waals surface area contributed by atoms with Crippen LogP contribution in [0.5, 0.6) is 0 Å². The monoisotopic (exact) mass is 289 g/mol. The summed E-state index contributed by atoms with van der Waals surface area (Å²) >= 11 is 0. The van der Waals surface area contributed by atoms with Crippen LogP contribution in [-0.2, 0) is 12.8 Å². The van der Waals surface area contributed by atoms with Gasteiger partial charge in [0.15, 0.2) is 0 Å². The van der Waals surface area contributed by atoms with Gasteiger partial charge in [0.1, 0.15) is 11.4 Å². The molecule has 1 aromatic heterocycles. The minimum absolute atomic E-state index is 0.327. The topological polar surface area (TPSA) is 65.5 Å². The first-order valence-electron chi connectivity index (χ1n) is 7.84. The first kappa shape index (κ1) is 14.3. The quantitative estimate of drug-likeness (QED) is 0.892. The summed E-state index contributed by atoms with van der Waals surface area (Å²) in [7, 11) is 2.12. The summed E-state index contributed by atoms with van der Waals surface area (Å²) in [6, 6.07) is 2.16. The van der Waals surface area contributed by atoms with Gasteiger partial charge in [-0.15, -0.1) is 0 Å². The molecule has 21 heavy (non-hydrogen) atoms. The molecule has 2 aliphatic rings. The zero-order valence-corrected chi connectivity index (χ0v) is 12.6. The van der Waals surface area contributed by atoms with E-state index in [9.17, 15) is 9.90 Å². The molecule has 1 aromatic rings. The van der Waals surface area contributed by atoms with Crippen LogP contribution in [0.1, 0.15) is 47.3 Å². The van der Waals surface area contributed by atoms with Crippen molar-refractivity contribution >= 4 is 11.8 Å². The van der Waals surface area contributed by atoms with Crippen LogP contribution in [0.4, 0.5) is 5.82 Å². The van der Waals surface area contributed by atoms with Gasteiger partial charge in [0.25, 0.3) is 0 Å². The molecule has 0 spiro atoms. The van der Waals surface area contributed by atoms with Crippen LogP contribution < -0.4 is 5.32 Å². The third-order valence-corrected chi connectivity index (χ3v) is 4.59. The second-order valence-electron chi connectivity index (χ2n) is 6.22. The zero-order chi connectivity index (χ0) is 14.8. The van der Waals surface area contributed by atoms with Gasteiger partial charge in [0, 0.05) is 11.7 Å². The van der Waals surface area contributed by atoms with E-state index in [0.29, 0.717) is 17.4 Å². The second kappa shape index (κ2) is 6.02. The van der Waals surface area contributed by atoms with Gasteiger partial charge in [-0.05, 0) is 70.3 Å². The Balaban J connectivity index is 1.84. The van der Waals surface area contributed by atoms with E-state index in [1.165, 1.54) is 0 Å². The fourth-order valence-corrected chi connectivity index (χ4v) is 3.25. The van der Waals surface area contributed by atoms with E-state index in [0.717, 1.165) is 62.9 Å². The Labute approximate surface area is 125 Å². The summed E-state index contributed by atoms with van der Waals surface area (Å²) in [4.78, 5) is 18.5. The first-order valence-corrected chi connectivity index (χ1v) is 7.84. The molecule has 3 rings (SSSR count). The third-order valence-electron chi connectivity index (χ3n) is 4.59. The molecule has 0 atom stereocenters. The lowest BCUT2D eigenvalue weighted by molar-refractivity contribution is 0.0697. The number of nitrogens with zero attached hydrogens (tertiary/aromatic N) is 2. The number of aromatic carboxylic acids is 1. The number of carbonyl (C=O) groups is 1. The fourth-order valence-electron chi connectivity index (χ4n) is 3.25. The molecule has 0 aromatic carbocycles. The normalized spacial score (nSPS) is 20.0. The summed E-state index contributed by atoms with van der Waals surface area (Å²) in [5.74, 6) is -0.316. The molecule has 1 aliphatic carbocycles. The SMILES string of the molecule is CN1CCC(Nc2nc3c(cc2C(=O)O)CCCC3)CC1. The van der Waals surface area contributed by atoms with Crippen molar-refractivity contribution in [2.75, 3.05) is 25.5 Å². The van der Waals surface area contributed by atoms with Crippen LogP contribution in [0.3, 0.4) is 0 Å². The summed E-state index contributed by atoms with van der Waals surface area (Å²) in [5.41, 5.74) is 2.53. The van der Waals surface area contributed by atoms with E-state index < -0.39 is 5.97 Å². The number of fused-ring (bicyclic) bond motifs is 1. The molecule has 114 valence electrons. The van der Waals surface area contributed by atoms with Crippen LogP contribution in [0.2, 0.25) is 0 Å². The highest BCUT2D eigenvalue weighted by molar-refractivity contribution is 5.93. The molecule has 0 amide bonds. The number of aryl methyl sites for hydroxylation is 2.